The molecule has 0 bridgehead atoms. The molecule has 1 amide bonds. The molecule has 2 atom stereocenters. The molecule has 0 saturated heterocycles. The van der Waals surface area contributed by atoms with E-state index in [9.17, 15) is 4.79 Å². The second kappa shape index (κ2) is 12.7. The van der Waals surface area contributed by atoms with Crippen LogP contribution < -0.4 is 15.5 Å². The van der Waals surface area contributed by atoms with Gasteiger partial charge in [-0.25, -0.2) is 19.7 Å². The third-order valence-electron chi connectivity index (χ3n) is 7.06. The number of hydrogen-bond donors (Lipinski definition) is 2. The summed E-state index contributed by atoms with van der Waals surface area (Å²) in [4.78, 5) is 33.2. The lowest BCUT2D eigenvalue weighted by molar-refractivity contribution is 0.0508. The number of benzene rings is 2. The van der Waals surface area contributed by atoms with E-state index in [0.29, 0.717) is 23.4 Å². The van der Waals surface area contributed by atoms with Gasteiger partial charge in [0.25, 0.3) is 0 Å². The molecule has 3 heterocycles. The second-order valence-corrected chi connectivity index (χ2v) is 11.7. The summed E-state index contributed by atoms with van der Waals surface area (Å²) in [5.41, 5.74) is 4.73. The summed E-state index contributed by atoms with van der Waals surface area (Å²) >= 11 is 0. The number of aromatic nitrogens is 6. The molecule has 0 saturated carbocycles. The van der Waals surface area contributed by atoms with Crippen LogP contribution in [0.4, 0.5) is 22.5 Å². The number of carbonyl (C=O) groups excluding carboxylic acids is 1. The van der Waals surface area contributed by atoms with E-state index in [1.807, 2.05) is 101 Å². The Morgan fingerprint density at radius 1 is 1.00 bits per heavy atom. The van der Waals surface area contributed by atoms with Gasteiger partial charge in [0.15, 0.2) is 5.65 Å². The van der Waals surface area contributed by atoms with Crippen LogP contribution in [0.1, 0.15) is 69.9 Å². The number of nitrogens with one attached hydrogen (secondary N) is 2. The molecule has 2 N–H and O–H groups in total. The monoisotopic (exact) mass is 593 g/mol. The minimum atomic E-state index is -0.564. The summed E-state index contributed by atoms with van der Waals surface area (Å²) in [6.45, 7) is 11.5. The molecule has 3 aromatic heterocycles. The fourth-order valence-electron chi connectivity index (χ4n) is 4.87. The number of hydrogen-bond acceptors (Lipinski definition) is 9. The first-order chi connectivity index (χ1) is 21.0. The van der Waals surface area contributed by atoms with Crippen molar-refractivity contribution in [3.63, 3.8) is 0 Å². The Hall–Kier alpha value is -5.06. The molecule has 44 heavy (non-hydrogen) atoms. The fourth-order valence-corrected chi connectivity index (χ4v) is 4.87. The fraction of sp³-hybridized carbons (Fsp3) is 0.333. The average Bonchev–Trinajstić information content (AvgIpc) is 3.47. The topological polar surface area (TPSA) is 122 Å². The van der Waals surface area contributed by atoms with Gasteiger partial charge in [-0.2, -0.15) is 14.6 Å². The van der Waals surface area contributed by atoms with Crippen molar-refractivity contribution in [3.05, 3.63) is 89.9 Å². The lowest BCUT2D eigenvalue weighted by atomic mass is 9.99. The molecule has 11 heteroatoms. The van der Waals surface area contributed by atoms with Crippen LogP contribution >= 0.6 is 0 Å². The quantitative estimate of drug-likeness (QED) is 0.190. The molecule has 2 unspecified atom stereocenters. The largest absolute Gasteiger partial charge is 0.444 e. The molecule has 0 spiro atoms. The number of carbonyl (C=O) groups is 1. The number of ether oxygens (including phenoxy) is 1. The molecular formula is C33H39N9O2. The predicted octanol–water partition coefficient (Wildman–Crippen LogP) is 6.81. The maximum Gasteiger partial charge on any atom is 0.408 e. The average molecular weight is 594 g/mol. The number of rotatable bonds is 9. The third-order valence-corrected chi connectivity index (χ3v) is 7.06. The lowest BCUT2D eigenvalue weighted by Crippen LogP contribution is -2.34. The predicted molar refractivity (Wildman–Crippen MR) is 172 cm³/mol. The van der Waals surface area contributed by atoms with E-state index in [-0.39, 0.29) is 12.1 Å². The summed E-state index contributed by atoms with van der Waals surface area (Å²) in [5, 5.41) is 10.9. The molecule has 2 aromatic carbocycles. The van der Waals surface area contributed by atoms with Crippen molar-refractivity contribution in [2.24, 2.45) is 0 Å². The lowest BCUT2D eigenvalue weighted by Gasteiger charge is -2.24. The van der Waals surface area contributed by atoms with Crippen LogP contribution in [0.15, 0.2) is 73.1 Å². The molecule has 5 aromatic rings. The second-order valence-electron chi connectivity index (χ2n) is 11.7. The highest BCUT2D eigenvalue weighted by Gasteiger charge is 2.21. The van der Waals surface area contributed by atoms with Gasteiger partial charge in [-0.15, -0.1) is 0 Å². The Bertz CT molecular complexity index is 1750. The highest BCUT2D eigenvalue weighted by atomic mass is 16.6. The number of aryl methyl sites for hydroxylation is 1. The summed E-state index contributed by atoms with van der Waals surface area (Å²) in [6, 6.07) is 21.7. The Morgan fingerprint density at radius 2 is 1.75 bits per heavy atom. The highest BCUT2D eigenvalue weighted by Crippen LogP contribution is 2.28. The molecule has 228 valence electrons. The first-order valence-electron chi connectivity index (χ1n) is 14.7. The van der Waals surface area contributed by atoms with Gasteiger partial charge in [0.1, 0.15) is 17.7 Å². The smallest absolute Gasteiger partial charge is 0.408 e. The van der Waals surface area contributed by atoms with Crippen LogP contribution in [0.5, 0.6) is 0 Å². The maximum absolute atomic E-state index is 12.3. The van der Waals surface area contributed by atoms with Crippen LogP contribution in [-0.4, -0.2) is 48.3 Å². The van der Waals surface area contributed by atoms with Gasteiger partial charge >= 0.3 is 6.09 Å². The van der Waals surface area contributed by atoms with Gasteiger partial charge in [0.05, 0.1) is 17.8 Å². The van der Waals surface area contributed by atoms with Gasteiger partial charge < -0.3 is 15.4 Å². The van der Waals surface area contributed by atoms with Crippen molar-refractivity contribution in [1.82, 2.24) is 34.9 Å². The van der Waals surface area contributed by atoms with Gasteiger partial charge in [-0.3, -0.25) is 4.90 Å². The first-order valence-corrected chi connectivity index (χ1v) is 14.7. The Morgan fingerprint density at radius 3 is 2.48 bits per heavy atom. The first kappa shape index (κ1) is 30.4. The van der Waals surface area contributed by atoms with E-state index < -0.39 is 11.7 Å². The third kappa shape index (κ3) is 7.11. The molecule has 0 aliphatic carbocycles. The van der Waals surface area contributed by atoms with Gasteiger partial charge in [-0.05, 0) is 52.2 Å². The van der Waals surface area contributed by atoms with Crippen molar-refractivity contribution in [1.29, 1.82) is 0 Å². The standard InChI is InChI=1S/C33H39N9O2/c1-8-26(25-16-12-15-24(18-25)22(3)37-32(43)44-33(4,5)6)38-30-36-21(2)17-29(40-30)41(7)31-39-27(23-13-10-9-11-14-23)19-28-34-20-35-42(28)31/h9-20,22,26H,8H2,1-7H3,(H,37,43)(H,36,38,40). The molecule has 0 radical (unpaired) electrons. The van der Waals surface area contributed by atoms with Gasteiger partial charge in [0, 0.05) is 30.4 Å². The molecular weight excluding hydrogens is 554 g/mol. The van der Waals surface area contributed by atoms with Crippen molar-refractivity contribution in [2.45, 2.75) is 65.6 Å². The van der Waals surface area contributed by atoms with E-state index in [0.717, 1.165) is 34.5 Å². The minimum Gasteiger partial charge on any atom is -0.444 e. The van der Waals surface area contributed by atoms with Crippen molar-refractivity contribution >= 4 is 29.5 Å². The van der Waals surface area contributed by atoms with Crippen molar-refractivity contribution in [3.8, 4) is 11.3 Å². The van der Waals surface area contributed by atoms with E-state index in [1.165, 1.54) is 6.33 Å². The Kier molecular flexibility index (Phi) is 8.75. The normalized spacial score (nSPS) is 12.9. The van der Waals surface area contributed by atoms with E-state index in [2.05, 4.69) is 39.8 Å². The van der Waals surface area contributed by atoms with Crippen LogP contribution in [0.2, 0.25) is 0 Å². The van der Waals surface area contributed by atoms with Crippen LogP contribution in [-0.2, 0) is 4.74 Å². The van der Waals surface area contributed by atoms with Crippen LogP contribution in [0.25, 0.3) is 16.9 Å². The van der Waals surface area contributed by atoms with E-state index in [1.54, 1.807) is 4.52 Å². The number of nitrogens with zero attached hydrogens (tertiary/aromatic N) is 7. The zero-order chi connectivity index (χ0) is 31.4. The van der Waals surface area contributed by atoms with Crippen LogP contribution in [0.3, 0.4) is 0 Å². The van der Waals surface area contributed by atoms with Crippen LogP contribution in [0, 0.1) is 6.92 Å². The zero-order valence-electron chi connectivity index (χ0n) is 26.2. The van der Waals surface area contributed by atoms with E-state index >= 15 is 0 Å². The summed E-state index contributed by atoms with van der Waals surface area (Å²) < 4.78 is 7.13. The number of amides is 1. The molecule has 0 aliphatic heterocycles. The molecule has 0 fully saturated rings. The van der Waals surface area contributed by atoms with E-state index in [4.69, 9.17) is 19.7 Å². The molecule has 11 nitrogen and oxygen atoms in total. The highest BCUT2D eigenvalue weighted by molar-refractivity contribution is 5.69. The molecule has 5 rings (SSSR count). The van der Waals surface area contributed by atoms with Gasteiger partial charge in [0.2, 0.25) is 11.9 Å². The van der Waals surface area contributed by atoms with Gasteiger partial charge in [-0.1, -0.05) is 61.5 Å². The van der Waals surface area contributed by atoms with Crippen molar-refractivity contribution < 1.29 is 9.53 Å². The summed E-state index contributed by atoms with van der Waals surface area (Å²) in [6.07, 6.45) is 1.86. The Balaban J connectivity index is 1.40. The summed E-state index contributed by atoms with van der Waals surface area (Å²) in [7, 11) is 1.91. The summed E-state index contributed by atoms with van der Waals surface area (Å²) in [5.74, 6) is 1.74. The maximum atomic E-state index is 12.3. The molecule has 0 aliphatic rings. The SMILES string of the molecule is CCC(Nc1nc(C)cc(N(C)c2nc(-c3ccccc3)cc3ncnn23)n1)c1cccc(C(C)NC(=O)OC(C)(C)C)c1. The van der Waals surface area contributed by atoms with Crippen molar-refractivity contribution in [2.75, 3.05) is 17.3 Å². The minimum absolute atomic E-state index is 0.0646. The Labute approximate surface area is 257 Å². The number of alkyl carbamates (subject to hydrolysis) is 1. The number of fused-ring (bicyclic) bond motifs is 1. The number of anilines is 3. The zero-order valence-corrected chi connectivity index (χ0v) is 26.2.